The third-order valence-electron chi connectivity index (χ3n) is 2.16. The molecule has 10 nitrogen and oxygen atoms in total. The van der Waals surface area contributed by atoms with Gasteiger partial charge in [-0.05, 0) is 0 Å². The lowest BCUT2D eigenvalue weighted by Crippen LogP contribution is -1.94. The van der Waals surface area contributed by atoms with Crippen molar-refractivity contribution >= 4 is 11.4 Å². The number of hydrogen-bond acceptors (Lipinski definition) is 8. The van der Waals surface area contributed by atoms with Crippen molar-refractivity contribution in [3.63, 3.8) is 0 Å². The average Bonchev–Trinajstić information content (AvgIpc) is 2.86. The molecule has 1 aromatic heterocycles. The van der Waals surface area contributed by atoms with E-state index < -0.39 is 21.2 Å². The number of hydrogen-bond donors (Lipinski definition) is 0. The Labute approximate surface area is 104 Å². The van der Waals surface area contributed by atoms with Gasteiger partial charge in [-0.15, -0.1) is 0 Å². The molecule has 0 bridgehead atoms. The van der Waals surface area contributed by atoms with E-state index in [9.17, 15) is 20.2 Å². The zero-order valence-corrected chi connectivity index (χ0v) is 9.47. The number of nitro groups is 2. The standard InChI is InChI=1S/C9H6N4O6/c1-18-9-10-8(11-19-9)5-2-6(12(14)15)4-7(3-5)13(16)17/h2-4H,1H3. The van der Waals surface area contributed by atoms with Gasteiger partial charge in [0.25, 0.3) is 11.4 Å². The summed E-state index contributed by atoms with van der Waals surface area (Å²) < 4.78 is 9.31. The van der Waals surface area contributed by atoms with Crippen molar-refractivity contribution in [3.8, 4) is 17.5 Å². The molecule has 19 heavy (non-hydrogen) atoms. The van der Waals surface area contributed by atoms with Crippen LogP contribution < -0.4 is 4.74 Å². The molecule has 0 saturated heterocycles. The van der Waals surface area contributed by atoms with E-state index in [4.69, 9.17) is 0 Å². The van der Waals surface area contributed by atoms with Crippen LogP contribution in [0.5, 0.6) is 6.08 Å². The Balaban J connectivity index is 2.55. The fourth-order valence-electron chi connectivity index (χ4n) is 1.34. The molecule has 0 aliphatic heterocycles. The topological polar surface area (TPSA) is 134 Å². The molecule has 0 saturated carbocycles. The average molecular weight is 266 g/mol. The van der Waals surface area contributed by atoms with E-state index in [2.05, 4.69) is 19.4 Å². The Morgan fingerprint density at radius 1 is 1.16 bits per heavy atom. The van der Waals surface area contributed by atoms with E-state index in [1.165, 1.54) is 7.11 Å². The highest BCUT2D eigenvalue weighted by Crippen LogP contribution is 2.28. The van der Waals surface area contributed by atoms with Gasteiger partial charge in [-0.25, -0.2) is 0 Å². The van der Waals surface area contributed by atoms with Gasteiger partial charge in [0.05, 0.1) is 23.0 Å². The summed E-state index contributed by atoms with van der Waals surface area (Å²) in [5.74, 6) is -0.0383. The second-order valence-electron chi connectivity index (χ2n) is 3.34. The summed E-state index contributed by atoms with van der Waals surface area (Å²) in [5, 5.41) is 24.9. The second kappa shape index (κ2) is 4.68. The van der Waals surface area contributed by atoms with Crippen molar-refractivity contribution in [2.45, 2.75) is 0 Å². The molecule has 0 N–H and O–H groups in total. The molecule has 2 aromatic rings. The normalized spacial score (nSPS) is 10.2. The summed E-state index contributed by atoms with van der Waals surface area (Å²) in [6.07, 6.45) is -0.149. The van der Waals surface area contributed by atoms with E-state index in [0.29, 0.717) is 0 Å². The van der Waals surface area contributed by atoms with E-state index in [1.54, 1.807) is 0 Å². The molecule has 0 spiro atoms. The van der Waals surface area contributed by atoms with Gasteiger partial charge in [0, 0.05) is 17.7 Å². The third kappa shape index (κ3) is 2.46. The molecule has 0 atom stereocenters. The van der Waals surface area contributed by atoms with Crippen LogP contribution in [0.15, 0.2) is 22.7 Å². The van der Waals surface area contributed by atoms with Gasteiger partial charge in [-0.1, -0.05) is 5.16 Å². The van der Waals surface area contributed by atoms with Gasteiger partial charge in [-0.3, -0.25) is 24.8 Å². The highest BCUT2D eigenvalue weighted by Gasteiger charge is 2.19. The molecule has 0 amide bonds. The number of nitrogens with zero attached hydrogens (tertiary/aromatic N) is 4. The van der Waals surface area contributed by atoms with Crippen molar-refractivity contribution < 1.29 is 19.1 Å². The number of nitro benzene ring substituents is 2. The molecule has 10 heteroatoms. The fourth-order valence-corrected chi connectivity index (χ4v) is 1.34. The Hall–Kier alpha value is -3.04. The first-order valence-corrected chi connectivity index (χ1v) is 4.83. The predicted octanol–water partition coefficient (Wildman–Crippen LogP) is 1.56. The summed E-state index contributed by atoms with van der Waals surface area (Å²) in [6.45, 7) is 0. The minimum atomic E-state index is -0.742. The van der Waals surface area contributed by atoms with Gasteiger partial charge in [0.2, 0.25) is 5.82 Å². The predicted molar refractivity (Wildman–Crippen MR) is 59.6 cm³/mol. The van der Waals surface area contributed by atoms with Crippen molar-refractivity contribution in [1.29, 1.82) is 0 Å². The van der Waals surface area contributed by atoms with Gasteiger partial charge in [0.1, 0.15) is 0 Å². The first kappa shape index (κ1) is 12.4. The van der Waals surface area contributed by atoms with E-state index in [0.717, 1.165) is 18.2 Å². The Bertz CT molecular complexity index is 620. The van der Waals surface area contributed by atoms with Gasteiger partial charge in [-0.2, -0.15) is 4.98 Å². The number of ether oxygens (including phenoxy) is 1. The zero-order valence-electron chi connectivity index (χ0n) is 9.47. The maximum atomic E-state index is 10.7. The highest BCUT2D eigenvalue weighted by molar-refractivity contribution is 5.64. The minimum Gasteiger partial charge on any atom is -0.452 e. The molecule has 0 aliphatic carbocycles. The summed E-state index contributed by atoms with van der Waals surface area (Å²) in [4.78, 5) is 23.7. The number of aromatic nitrogens is 2. The Morgan fingerprint density at radius 2 is 1.74 bits per heavy atom. The number of non-ortho nitro benzene ring substituents is 2. The van der Waals surface area contributed by atoms with E-state index >= 15 is 0 Å². The van der Waals surface area contributed by atoms with Crippen molar-refractivity contribution in [3.05, 3.63) is 38.4 Å². The molecular formula is C9H6N4O6. The van der Waals surface area contributed by atoms with Crippen LogP contribution in [0.25, 0.3) is 11.4 Å². The van der Waals surface area contributed by atoms with Crippen LogP contribution in [0.4, 0.5) is 11.4 Å². The molecule has 98 valence electrons. The zero-order chi connectivity index (χ0) is 14.0. The SMILES string of the molecule is COc1nc(-c2cc([N+](=O)[O-])cc([N+](=O)[O-])c2)no1. The van der Waals surface area contributed by atoms with Crippen molar-refractivity contribution in [1.82, 2.24) is 10.1 Å². The fraction of sp³-hybridized carbons (Fsp3) is 0.111. The maximum Gasteiger partial charge on any atom is 0.417 e. The van der Waals surface area contributed by atoms with Crippen molar-refractivity contribution in [2.75, 3.05) is 7.11 Å². The lowest BCUT2D eigenvalue weighted by atomic mass is 10.1. The Kier molecular flexibility index (Phi) is 3.06. The number of rotatable bonds is 4. The summed E-state index contributed by atoms with van der Waals surface area (Å²) >= 11 is 0. The monoisotopic (exact) mass is 266 g/mol. The number of benzene rings is 1. The first-order chi connectivity index (χ1) is 9.01. The molecule has 0 fully saturated rings. The van der Waals surface area contributed by atoms with Gasteiger partial charge >= 0.3 is 6.08 Å². The molecule has 0 radical (unpaired) electrons. The van der Waals surface area contributed by atoms with Crippen LogP contribution in [0.3, 0.4) is 0 Å². The van der Waals surface area contributed by atoms with Gasteiger partial charge in [0.15, 0.2) is 0 Å². The second-order valence-corrected chi connectivity index (χ2v) is 3.34. The maximum absolute atomic E-state index is 10.7. The van der Waals surface area contributed by atoms with Crippen LogP contribution in [0, 0.1) is 20.2 Å². The van der Waals surface area contributed by atoms with Gasteiger partial charge < -0.3 is 4.74 Å². The van der Waals surface area contributed by atoms with E-state index in [-0.39, 0.29) is 17.5 Å². The smallest absolute Gasteiger partial charge is 0.417 e. The molecule has 1 heterocycles. The lowest BCUT2D eigenvalue weighted by Gasteiger charge is -1.96. The van der Waals surface area contributed by atoms with Crippen LogP contribution in [-0.4, -0.2) is 27.1 Å². The largest absolute Gasteiger partial charge is 0.452 e. The molecule has 0 aliphatic rings. The molecule has 0 unspecified atom stereocenters. The summed E-state index contributed by atoms with van der Waals surface area (Å²) in [5.41, 5.74) is -0.783. The third-order valence-corrected chi connectivity index (χ3v) is 2.16. The Morgan fingerprint density at radius 3 is 2.16 bits per heavy atom. The molecule has 1 aromatic carbocycles. The number of methoxy groups -OCH3 is 1. The summed E-state index contributed by atoms with van der Waals surface area (Å²) in [7, 11) is 1.30. The molecule has 2 rings (SSSR count). The minimum absolute atomic E-state index is 0.0383. The molecular weight excluding hydrogens is 260 g/mol. The van der Waals surface area contributed by atoms with Crippen LogP contribution in [0.2, 0.25) is 0 Å². The van der Waals surface area contributed by atoms with E-state index in [1.807, 2.05) is 0 Å². The highest BCUT2D eigenvalue weighted by atomic mass is 16.6. The van der Waals surface area contributed by atoms with Crippen LogP contribution >= 0.6 is 0 Å². The van der Waals surface area contributed by atoms with Crippen LogP contribution in [-0.2, 0) is 0 Å². The van der Waals surface area contributed by atoms with Crippen LogP contribution in [0.1, 0.15) is 0 Å². The summed E-state index contributed by atoms with van der Waals surface area (Å²) in [6, 6.07) is 3.06. The first-order valence-electron chi connectivity index (χ1n) is 4.83. The van der Waals surface area contributed by atoms with Crippen molar-refractivity contribution in [2.24, 2.45) is 0 Å². The lowest BCUT2D eigenvalue weighted by molar-refractivity contribution is -0.394. The quantitative estimate of drug-likeness (QED) is 0.600.